The van der Waals surface area contributed by atoms with Gasteiger partial charge in [-0.15, -0.1) is 0 Å². The molecule has 1 unspecified atom stereocenters. The van der Waals surface area contributed by atoms with Gasteiger partial charge in [-0.3, -0.25) is 0 Å². The normalized spacial score (nSPS) is 13.8. The Morgan fingerprint density at radius 1 is 1.06 bits per heavy atom. The molecule has 0 saturated carbocycles. The van der Waals surface area contributed by atoms with Crippen LogP contribution in [0.4, 0.5) is 0 Å². The molecule has 0 radical (unpaired) electrons. The summed E-state index contributed by atoms with van der Waals surface area (Å²) < 4.78 is 0. The smallest absolute Gasteiger partial charge is 0.00407 e. The van der Waals surface area contributed by atoms with Gasteiger partial charge in [-0.05, 0) is 61.8 Å². The standard InChI is InChI=1S/C16H27N/c1-11-7-12(2)15(13(3)8-11)9-14(10-17)16(4,5)6/h7-8,14H,9-10,17H2,1-6H3. The summed E-state index contributed by atoms with van der Waals surface area (Å²) >= 11 is 0. The molecule has 0 aliphatic rings. The molecule has 1 nitrogen and oxygen atoms in total. The van der Waals surface area contributed by atoms with Gasteiger partial charge in [0.1, 0.15) is 0 Å². The van der Waals surface area contributed by atoms with Crippen LogP contribution >= 0.6 is 0 Å². The van der Waals surface area contributed by atoms with Crippen LogP contribution in [0.1, 0.15) is 43.0 Å². The van der Waals surface area contributed by atoms with Crippen LogP contribution in [-0.2, 0) is 6.42 Å². The maximum atomic E-state index is 5.94. The lowest BCUT2D eigenvalue weighted by Crippen LogP contribution is -2.30. The van der Waals surface area contributed by atoms with Crippen LogP contribution in [0.25, 0.3) is 0 Å². The van der Waals surface area contributed by atoms with Crippen molar-refractivity contribution in [3.8, 4) is 0 Å². The van der Waals surface area contributed by atoms with E-state index in [9.17, 15) is 0 Å². The van der Waals surface area contributed by atoms with Gasteiger partial charge < -0.3 is 5.73 Å². The van der Waals surface area contributed by atoms with Crippen molar-refractivity contribution in [3.05, 3.63) is 34.4 Å². The number of hydrogen-bond donors (Lipinski definition) is 1. The van der Waals surface area contributed by atoms with Crippen LogP contribution in [0.15, 0.2) is 12.1 Å². The molecular formula is C16H27N. The van der Waals surface area contributed by atoms with Crippen molar-refractivity contribution in [1.29, 1.82) is 0 Å². The van der Waals surface area contributed by atoms with Gasteiger partial charge in [0.25, 0.3) is 0 Å². The Balaban J connectivity index is 3.02. The van der Waals surface area contributed by atoms with Gasteiger partial charge in [-0.2, -0.15) is 0 Å². The molecule has 2 N–H and O–H groups in total. The number of rotatable bonds is 3. The molecule has 1 atom stereocenters. The van der Waals surface area contributed by atoms with E-state index in [2.05, 4.69) is 53.7 Å². The third-order valence-corrected chi connectivity index (χ3v) is 3.80. The van der Waals surface area contributed by atoms with Crippen LogP contribution in [-0.4, -0.2) is 6.54 Å². The summed E-state index contributed by atoms with van der Waals surface area (Å²) in [7, 11) is 0. The molecule has 0 bridgehead atoms. The molecule has 0 aliphatic carbocycles. The van der Waals surface area contributed by atoms with Crippen LogP contribution in [0.3, 0.4) is 0 Å². The summed E-state index contributed by atoms with van der Waals surface area (Å²) in [4.78, 5) is 0. The maximum absolute atomic E-state index is 5.94. The van der Waals surface area contributed by atoms with E-state index >= 15 is 0 Å². The van der Waals surface area contributed by atoms with Crippen LogP contribution in [0, 0.1) is 32.1 Å². The van der Waals surface area contributed by atoms with E-state index in [0.717, 1.165) is 13.0 Å². The highest BCUT2D eigenvalue weighted by atomic mass is 14.6. The molecule has 1 heteroatoms. The Kier molecular flexibility index (Phi) is 4.37. The number of aryl methyl sites for hydroxylation is 3. The second kappa shape index (κ2) is 5.22. The zero-order valence-corrected chi connectivity index (χ0v) is 12.2. The Labute approximate surface area is 106 Å². The molecule has 96 valence electrons. The average Bonchev–Trinajstić information content (AvgIpc) is 2.14. The third kappa shape index (κ3) is 3.57. The minimum atomic E-state index is 0.276. The average molecular weight is 233 g/mol. The third-order valence-electron chi connectivity index (χ3n) is 3.80. The maximum Gasteiger partial charge on any atom is -0.00407 e. The molecule has 0 saturated heterocycles. The largest absolute Gasteiger partial charge is 0.330 e. The van der Waals surface area contributed by atoms with E-state index in [-0.39, 0.29) is 5.41 Å². The van der Waals surface area contributed by atoms with Crippen molar-refractivity contribution in [2.45, 2.75) is 48.0 Å². The molecule has 0 spiro atoms. The van der Waals surface area contributed by atoms with E-state index in [1.165, 1.54) is 22.3 Å². The van der Waals surface area contributed by atoms with Crippen LogP contribution < -0.4 is 5.73 Å². The Hall–Kier alpha value is -0.820. The Bertz CT molecular complexity index is 362. The van der Waals surface area contributed by atoms with Gasteiger partial charge in [-0.25, -0.2) is 0 Å². The highest BCUT2D eigenvalue weighted by Gasteiger charge is 2.24. The van der Waals surface area contributed by atoms with Crippen LogP contribution in [0.5, 0.6) is 0 Å². The molecule has 1 aromatic carbocycles. The predicted octanol–water partition coefficient (Wildman–Crippen LogP) is 3.78. The summed E-state index contributed by atoms with van der Waals surface area (Å²) in [5.74, 6) is 0.544. The van der Waals surface area contributed by atoms with Crippen LogP contribution in [0.2, 0.25) is 0 Å². The molecule has 0 aliphatic heterocycles. The SMILES string of the molecule is Cc1cc(C)c(CC(CN)C(C)(C)C)c(C)c1. The van der Waals surface area contributed by atoms with Gasteiger partial charge >= 0.3 is 0 Å². The molecule has 0 aromatic heterocycles. The predicted molar refractivity (Wildman–Crippen MR) is 76.4 cm³/mol. The number of nitrogens with two attached hydrogens (primary N) is 1. The Morgan fingerprint density at radius 2 is 1.53 bits per heavy atom. The van der Waals surface area contributed by atoms with E-state index < -0.39 is 0 Å². The lowest BCUT2D eigenvalue weighted by molar-refractivity contribution is 0.245. The summed E-state index contributed by atoms with van der Waals surface area (Å²) in [6.07, 6.45) is 1.10. The van der Waals surface area contributed by atoms with E-state index in [0.29, 0.717) is 5.92 Å². The molecule has 0 amide bonds. The van der Waals surface area contributed by atoms with Crippen molar-refractivity contribution in [2.75, 3.05) is 6.54 Å². The fraction of sp³-hybridized carbons (Fsp3) is 0.625. The van der Waals surface area contributed by atoms with Gasteiger partial charge in [-0.1, -0.05) is 38.5 Å². The van der Waals surface area contributed by atoms with Crippen molar-refractivity contribution in [1.82, 2.24) is 0 Å². The highest BCUT2D eigenvalue weighted by Crippen LogP contribution is 2.30. The first-order valence-corrected chi connectivity index (χ1v) is 6.52. The minimum absolute atomic E-state index is 0.276. The van der Waals surface area contributed by atoms with Crippen molar-refractivity contribution in [2.24, 2.45) is 17.1 Å². The zero-order chi connectivity index (χ0) is 13.2. The summed E-state index contributed by atoms with van der Waals surface area (Å²) in [5.41, 5.74) is 11.9. The van der Waals surface area contributed by atoms with E-state index in [1.807, 2.05) is 0 Å². The lowest BCUT2D eigenvalue weighted by Gasteiger charge is -2.30. The van der Waals surface area contributed by atoms with E-state index in [4.69, 9.17) is 5.73 Å². The summed E-state index contributed by atoms with van der Waals surface area (Å²) in [6, 6.07) is 4.55. The molecule has 0 heterocycles. The second-order valence-corrected chi connectivity index (χ2v) is 6.38. The highest BCUT2D eigenvalue weighted by molar-refractivity contribution is 5.37. The minimum Gasteiger partial charge on any atom is -0.330 e. The molecule has 1 rings (SSSR count). The van der Waals surface area contributed by atoms with E-state index in [1.54, 1.807) is 0 Å². The lowest BCUT2D eigenvalue weighted by atomic mass is 9.76. The van der Waals surface area contributed by atoms with Crippen molar-refractivity contribution >= 4 is 0 Å². The second-order valence-electron chi connectivity index (χ2n) is 6.38. The fourth-order valence-corrected chi connectivity index (χ4v) is 2.52. The van der Waals surface area contributed by atoms with Crippen molar-refractivity contribution < 1.29 is 0 Å². The fourth-order valence-electron chi connectivity index (χ4n) is 2.52. The first-order chi connectivity index (χ1) is 7.75. The van der Waals surface area contributed by atoms with Crippen molar-refractivity contribution in [3.63, 3.8) is 0 Å². The first-order valence-electron chi connectivity index (χ1n) is 6.52. The quantitative estimate of drug-likeness (QED) is 0.845. The monoisotopic (exact) mass is 233 g/mol. The molecule has 17 heavy (non-hydrogen) atoms. The first kappa shape index (κ1) is 14.2. The van der Waals surface area contributed by atoms with Gasteiger partial charge in [0.15, 0.2) is 0 Å². The molecular weight excluding hydrogens is 206 g/mol. The molecule has 0 fully saturated rings. The van der Waals surface area contributed by atoms with Gasteiger partial charge in [0, 0.05) is 0 Å². The molecule has 1 aromatic rings. The Morgan fingerprint density at radius 3 is 1.88 bits per heavy atom. The zero-order valence-electron chi connectivity index (χ0n) is 12.2. The van der Waals surface area contributed by atoms with Gasteiger partial charge in [0.2, 0.25) is 0 Å². The summed E-state index contributed by atoms with van der Waals surface area (Å²) in [5, 5.41) is 0. The number of hydrogen-bond acceptors (Lipinski definition) is 1. The number of benzene rings is 1. The summed E-state index contributed by atoms with van der Waals surface area (Å²) in [6.45, 7) is 14.2. The topological polar surface area (TPSA) is 26.0 Å². The van der Waals surface area contributed by atoms with Gasteiger partial charge in [0.05, 0.1) is 0 Å².